The van der Waals surface area contributed by atoms with Crippen LogP contribution in [0.25, 0.3) is 0 Å². The van der Waals surface area contributed by atoms with Crippen molar-refractivity contribution in [2.75, 3.05) is 46.9 Å². The van der Waals surface area contributed by atoms with Crippen LogP contribution in [0.2, 0.25) is 5.02 Å². The molecule has 0 N–H and O–H groups in total. The van der Waals surface area contributed by atoms with E-state index in [1.54, 1.807) is 12.0 Å². The molecule has 2 heterocycles. The van der Waals surface area contributed by atoms with Crippen molar-refractivity contribution in [2.45, 2.75) is 13.0 Å². The highest BCUT2D eigenvalue weighted by Gasteiger charge is 2.41. The normalized spacial score (nSPS) is 19.0. The van der Waals surface area contributed by atoms with Crippen molar-refractivity contribution in [3.63, 3.8) is 0 Å². The molecule has 174 valence electrons. The van der Waals surface area contributed by atoms with Crippen LogP contribution >= 0.6 is 11.6 Å². The van der Waals surface area contributed by atoms with E-state index in [-0.39, 0.29) is 6.03 Å². The van der Waals surface area contributed by atoms with E-state index < -0.39 is 6.04 Å². The molecule has 1 atom stereocenters. The number of halogens is 1. The molecule has 0 aliphatic carbocycles. The van der Waals surface area contributed by atoms with E-state index in [9.17, 15) is 4.79 Å². The maximum atomic E-state index is 13.9. The third-order valence-corrected chi connectivity index (χ3v) is 6.20. The Morgan fingerprint density at radius 3 is 2.48 bits per heavy atom. The van der Waals surface area contributed by atoms with Crippen LogP contribution in [0.5, 0.6) is 11.5 Å². The lowest BCUT2D eigenvalue weighted by Crippen LogP contribution is -2.53. The summed E-state index contributed by atoms with van der Waals surface area (Å²) in [5.74, 6) is 1.80. The van der Waals surface area contributed by atoms with E-state index in [4.69, 9.17) is 26.1 Å². The molecule has 8 heteroatoms. The zero-order valence-electron chi connectivity index (χ0n) is 19.3. The van der Waals surface area contributed by atoms with Crippen molar-refractivity contribution in [3.8, 4) is 11.5 Å². The predicted molar refractivity (Wildman–Crippen MR) is 130 cm³/mol. The van der Waals surface area contributed by atoms with Gasteiger partial charge in [0.1, 0.15) is 23.4 Å². The summed E-state index contributed by atoms with van der Waals surface area (Å²) in [6.07, 6.45) is 0. The summed E-state index contributed by atoms with van der Waals surface area (Å²) < 4.78 is 11.3. The largest absolute Gasteiger partial charge is 0.497 e. The average molecular weight is 469 g/mol. The van der Waals surface area contributed by atoms with Gasteiger partial charge in [-0.3, -0.25) is 4.90 Å². The number of nitrogens with zero attached hydrogens (tertiary/aromatic N) is 4. The van der Waals surface area contributed by atoms with E-state index in [2.05, 4.69) is 18.5 Å². The smallest absolute Gasteiger partial charge is 0.326 e. The molecule has 1 saturated heterocycles. The Hall–Kier alpha value is -3.03. The van der Waals surface area contributed by atoms with Gasteiger partial charge in [0.2, 0.25) is 0 Å². The number of rotatable bonds is 5. The Kier molecular flexibility index (Phi) is 6.91. The summed E-state index contributed by atoms with van der Waals surface area (Å²) in [4.78, 5) is 24.5. The van der Waals surface area contributed by atoms with Crippen LogP contribution in [0.15, 0.2) is 59.7 Å². The molecule has 2 aliphatic rings. The van der Waals surface area contributed by atoms with Crippen molar-refractivity contribution in [1.29, 1.82) is 0 Å². The second kappa shape index (κ2) is 9.85. The highest BCUT2D eigenvalue weighted by atomic mass is 35.5. The molecule has 0 radical (unpaired) electrons. The summed E-state index contributed by atoms with van der Waals surface area (Å²) in [7, 11) is 3.67. The van der Waals surface area contributed by atoms with Crippen LogP contribution in [-0.2, 0) is 0 Å². The second-order valence-electron chi connectivity index (χ2n) is 8.12. The Morgan fingerprint density at radius 2 is 1.85 bits per heavy atom. The fraction of sp³-hybridized carbons (Fsp3) is 0.360. The molecule has 0 bridgehead atoms. The molecular formula is C25H29ClN4O3. The van der Waals surface area contributed by atoms with Crippen LogP contribution in [-0.4, -0.2) is 73.5 Å². The van der Waals surface area contributed by atoms with Gasteiger partial charge in [-0.15, -0.1) is 0 Å². The first-order valence-corrected chi connectivity index (χ1v) is 11.4. The maximum Gasteiger partial charge on any atom is 0.326 e. The third kappa shape index (κ3) is 4.70. The predicted octanol–water partition coefficient (Wildman–Crippen LogP) is 4.43. The Balaban J connectivity index is 1.78. The zero-order valence-corrected chi connectivity index (χ0v) is 20.0. The number of hydrogen-bond donors (Lipinski definition) is 0. The van der Waals surface area contributed by atoms with Crippen molar-refractivity contribution >= 4 is 23.5 Å². The first-order chi connectivity index (χ1) is 15.9. The lowest BCUT2D eigenvalue weighted by atomic mass is 10.0. The highest BCUT2D eigenvalue weighted by Crippen LogP contribution is 2.39. The quantitative estimate of drug-likeness (QED) is 0.651. The Labute approximate surface area is 199 Å². The summed E-state index contributed by atoms with van der Waals surface area (Å²) >= 11 is 6.12. The van der Waals surface area contributed by atoms with Gasteiger partial charge in [-0.25, -0.2) is 9.79 Å². The molecule has 2 aromatic carbocycles. The van der Waals surface area contributed by atoms with E-state index in [0.29, 0.717) is 47.8 Å². The number of carbonyl (C=O) groups is 1. The molecule has 0 aromatic heterocycles. The van der Waals surface area contributed by atoms with Crippen molar-refractivity contribution in [2.24, 2.45) is 4.99 Å². The van der Waals surface area contributed by atoms with Gasteiger partial charge in [0.15, 0.2) is 0 Å². The number of ether oxygens (including phenoxy) is 2. The lowest BCUT2D eigenvalue weighted by molar-refractivity contribution is 0.134. The van der Waals surface area contributed by atoms with Crippen LogP contribution < -0.4 is 9.47 Å². The Bertz CT molecular complexity index is 1060. The van der Waals surface area contributed by atoms with Gasteiger partial charge in [-0.2, -0.15) is 0 Å². The number of urea groups is 1. The van der Waals surface area contributed by atoms with Crippen molar-refractivity contribution in [1.82, 2.24) is 14.7 Å². The standard InChI is InChI=1S/C25H29ClN4O3/c1-5-33-22-16-20(32-4)10-11-21(22)24-27-17(2)23(18-6-8-19(26)9-7-18)30(24)25(31)29-14-12-28(3)13-15-29/h6-11,16,23H,2,5,12-15H2,1,3-4H3/t23-/m1/s1. The maximum absolute atomic E-state index is 13.9. The number of aliphatic imine (C=N–C) groups is 1. The minimum Gasteiger partial charge on any atom is -0.497 e. The number of piperazine rings is 1. The summed E-state index contributed by atoms with van der Waals surface area (Å²) in [5.41, 5.74) is 2.21. The highest BCUT2D eigenvalue weighted by molar-refractivity contribution is 6.30. The first-order valence-electron chi connectivity index (χ1n) is 11.0. The lowest BCUT2D eigenvalue weighted by Gasteiger charge is -2.37. The van der Waals surface area contributed by atoms with Gasteiger partial charge in [0.25, 0.3) is 0 Å². The Morgan fingerprint density at radius 1 is 1.15 bits per heavy atom. The number of amides is 2. The van der Waals surface area contributed by atoms with Gasteiger partial charge in [-0.1, -0.05) is 30.3 Å². The minimum atomic E-state index is -0.430. The zero-order chi connectivity index (χ0) is 23.5. The molecule has 2 amide bonds. The van der Waals surface area contributed by atoms with Crippen LogP contribution in [0.4, 0.5) is 4.79 Å². The summed E-state index contributed by atoms with van der Waals surface area (Å²) in [5, 5.41) is 0.634. The van der Waals surface area contributed by atoms with Gasteiger partial charge < -0.3 is 19.3 Å². The molecule has 2 aliphatic heterocycles. The molecule has 33 heavy (non-hydrogen) atoms. The molecule has 0 spiro atoms. The second-order valence-corrected chi connectivity index (χ2v) is 8.56. The van der Waals surface area contributed by atoms with E-state index >= 15 is 0 Å². The third-order valence-electron chi connectivity index (χ3n) is 5.95. The molecular weight excluding hydrogens is 440 g/mol. The van der Waals surface area contributed by atoms with Gasteiger partial charge >= 0.3 is 6.03 Å². The molecule has 0 saturated carbocycles. The van der Waals surface area contributed by atoms with Crippen molar-refractivity contribution < 1.29 is 14.3 Å². The topological polar surface area (TPSA) is 57.6 Å². The number of likely N-dealkylation sites (N-methyl/N-ethyl adjacent to an activating group) is 1. The SMILES string of the molecule is C=C1N=C(c2ccc(OC)cc2OCC)N(C(=O)N2CCN(C)CC2)[C@H]1c1ccc(Cl)cc1. The number of benzene rings is 2. The van der Waals surface area contributed by atoms with Crippen LogP contribution in [0.3, 0.4) is 0 Å². The summed E-state index contributed by atoms with van der Waals surface area (Å²) in [6.45, 7) is 9.55. The minimum absolute atomic E-state index is 0.0984. The first kappa shape index (κ1) is 23.1. The van der Waals surface area contributed by atoms with Crippen molar-refractivity contribution in [3.05, 3.63) is 70.9 Å². The van der Waals surface area contributed by atoms with Gasteiger partial charge in [0, 0.05) is 37.3 Å². The molecule has 2 aromatic rings. The monoisotopic (exact) mass is 468 g/mol. The number of carbonyl (C=O) groups excluding carboxylic acids is 1. The average Bonchev–Trinajstić information content (AvgIpc) is 3.16. The molecule has 1 fully saturated rings. The molecule has 7 nitrogen and oxygen atoms in total. The summed E-state index contributed by atoms with van der Waals surface area (Å²) in [6, 6.07) is 12.5. The van der Waals surface area contributed by atoms with Crippen LogP contribution in [0, 0.1) is 0 Å². The molecule has 4 rings (SSSR count). The van der Waals surface area contributed by atoms with E-state index in [1.165, 1.54) is 0 Å². The fourth-order valence-corrected chi connectivity index (χ4v) is 4.27. The molecule has 0 unspecified atom stereocenters. The van der Waals surface area contributed by atoms with Gasteiger partial charge in [0.05, 0.1) is 25.0 Å². The number of methoxy groups -OCH3 is 1. The van der Waals surface area contributed by atoms with E-state index in [0.717, 1.165) is 24.2 Å². The van der Waals surface area contributed by atoms with Crippen LogP contribution in [0.1, 0.15) is 24.1 Å². The fourth-order valence-electron chi connectivity index (χ4n) is 4.14. The van der Waals surface area contributed by atoms with E-state index in [1.807, 2.05) is 54.3 Å². The number of hydrogen-bond acceptors (Lipinski definition) is 5. The number of amidine groups is 1. The van der Waals surface area contributed by atoms with Gasteiger partial charge in [-0.05, 0) is 43.8 Å².